The number of ketones is 2. The molecule has 1 N–H and O–H groups in total. The molecule has 0 aliphatic rings. The summed E-state index contributed by atoms with van der Waals surface area (Å²) >= 11 is 0. The number of rotatable bonds is 8. The van der Waals surface area contributed by atoms with Crippen LogP contribution in [0.15, 0.2) is 0 Å². The highest BCUT2D eigenvalue weighted by atomic mass is 16.3. The zero-order chi connectivity index (χ0) is 10.1. The average Bonchev–Trinajstić information content (AvgIpc) is 2.14. The maximum atomic E-state index is 11.1. The van der Waals surface area contributed by atoms with Crippen molar-refractivity contribution in [3.8, 4) is 0 Å². The average molecular weight is 186 g/mol. The van der Waals surface area contributed by atoms with Crippen LogP contribution in [0.5, 0.6) is 0 Å². The number of hydrogen-bond acceptors (Lipinski definition) is 3. The molecule has 0 amide bonds. The summed E-state index contributed by atoms with van der Waals surface area (Å²) in [6, 6.07) is 0. The lowest BCUT2D eigenvalue weighted by Gasteiger charge is -1.98. The van der Waals surface area contributed by atoms with E-state index in [0.717, 1.165) is 19.3 Å². The second-order valence-electron chi connectivity index (χ2n) is 3.19. The van der Waals surface area contributed by atoms with E-state index in [1.807, 2.05) is 0 Å². The van der Waals surface area contributed by atoms with Gasteiger partial charge in [0.1, 0.15) is 12.4 Å². The highest BCUT2D eigenvalue weighted by Gasteiger charge is 2.05. The number of hydrogen-bond donors (Lipinski definition) is 1. The Balaban J connectivity index is 3.35. The topological polar surface area (TPSA) is 54.4 Å². The molecule has 76 valence electrons. The van der Waals surface area contributed by atoms with Gasteiger partial charge in [0, 0.05) is 19.3 Å². The fourth-order valence-electron chi connectivity index (χ4n) is 1.06. The maximum Gasteiger partial charge on any atom is 0.158 e. The minimum atomic E-state index is -0.442. The Morgan fingerprint density at radius 2 is 1.62 bits per heavy atom. The van der Waals surface area contributed by atoms with Crippen molar-refractivity contribution in [2.24, 2.45) is 0 Å². The summed E-state index contributed by atoms with van der Waals surface area (Å²) in [5.41, 5.74) is 0. The Morgan fingerprint density at radius 1 is 1.00 bits per heavy atom. The first-order valence-corrected chi connectivity index (χ1v) is 4.85. The van der Waals surface area contributed by atoms with Crippen molar-refractivity contribution >= 4 is 11.6 Å². The lowest BCUT2D eigenvalue weighted by Crippen LogP contribution is -2.07. The summed E-state index contributed by atoms with van der Waals surface area (Å²) in [6.45, 7) is 1.64. The second-order valence-corrected chi connectivity index (χ2v) is 3.19. The van der Waals surface area contributed by atoms with Crippen molar-refractivity contribution < 1.29 is 14.7 Å². The van der Waals surface area contributed by atoms with E-state index in [1.54, 1.807) is 0 Å². The van der Waals surface area contributed by atoms with Crippen LogP contribution in [0.3, 0.4) is 0 Å². The zero-order valence-electron chi connectivity index (χ0n) is 8.21. The monoisotopic (exact) mass is 186 g/mol. The molecular formula is C10H18O3. The molecule has 0 bridgehead atoms. The number of unbranched alkanes of at least 4 members (excludes halogenated alkanes) is 2. The molecule has 0 aromatic carbocycles. The predicted molar refractivity (Wildman–Crippen MR) is 50.5 cm³/mol. The zero-order valence-corrected chi connectivity index (χ0v) is 8.21. The van der Waals surface area contributed by atoms with Gasteiger partial charge in [0.2, 0.25) is 0 Å². The normalized spacial score (nSPS) is 10.0. The van der Waals surface area contributed by atoms with E-state index in [2.05, 4.69) is 6.92 Å². The predicted octanol–water partition coefficient (Wildman–Crippen LogP) is 1.48. The Hall–Kier alpha value is -0.700. The minimum Gasteiger partial charge on any atom is -0.389 e. The highest BCUT2D eigenvalue weighted by Crippen LogP contribution is 2.03. The molecule has 3 nitrogen and oxygen atoms in total. The Morgan fingerprint density at radius 3 is 2.15 bits per heavy atom. The molecule has 0 saturated carbocycles. The van der Waals surface area contributed by atoms with Crippen molar-refractivity contribution in [2.45, 2.75) is 45.4 Å². The molecule has 3 heteroatoms. The van der Waals surface area contributed by atoms with Crippen LogP contribution in [0, 0.1) is 0 Å². The van der Waals surface area contributed by atoms with E-state index in [1.165, 1.54) is 0 Å². The molecule has 13 heavy (non-hydrogen) atoms. The first-order chi connectivity index (χ1) is 6.20. The number of carbonyl (C=O) groups excluding carboxylic acids is 2. The van der Waals surface area contributed by atoms with E-state index in [-0.39, 0.29) is 18.0 Å². The third kappa shape index (κ3) is 7.65. The molecule has 0 aliphatic carbocycles. The largest absolute Gasteiger partial charge is 0.389 e. The molecule has 0 aromatic rings. The van der Waals surface area contributed by atoms with Crippen LogP contribution in [-0.4, -0.2) is 23.3 Å². The molecular weight excluding hydrogens is 168 g/mol. The third-order valence-corrected chi connectivity index (χ3v) is 1.92. The van der Waals surface area contributed by atoms with Gasteiger partial charge in [-0.25, -0.2) is 0 Å². The molecule has 0 saturated heterocycles. The van der Waals surface area contributed by atoms with Gasteiger partial charge in [0.05, 0.1) is 0 Å². The van der Waals surface area contributed by atoms with Crippen LogP contribution in [-0.2, 0) is 9.59 Å². The van der Waals surface area contributed by atoms with Crippen LogP contribution in [0.1, 0.15) is 45.4 Å². The van der Waals surface area contributed by atoms with Gasteiger partial charge in [0.25, 0.3) is 0 Å². The smallest absolute Gasteiger partial charge is 0.158 e. The van der Waals surface area contributed by atoms with Crippen molar-refractivity contribution in [2.75, 3.05) is 6.61 Å². The van der Waals surface area contributed by atoms with Crippen LogP contribution in [0.2, 0.25) is 0 Å². The van der Waals surface area contributed by atoms with Crippen molar-refractivity contribution in [1.29, 1.82) is 0 Å². The van der Waals surface area contributed by atoms with Gasteiger partial charge in [-0.1, -0.05) is 19.8 Å². The van der Waals surface area contributed by atoms with Gasteiger partial charge in [-0.15, -0.1) is 0 Å². The summed E-state index contributed by atoms with van der Waals surface area (Å²) in [5.74, 6) is -0.112. The second kappa shape index (κ2) is 7.92. The third-order valence-electron chi connectivity index (χ3n) is 1.92. The first-order valence-electron chi connectivity index (χ1n) is 4.85. The van der Waals surface area contributed by atoms with Gasteiger partial charge in [-0.3, -0.25) is 9.59 Å². The summed E-state index contributed by atoms with van der Waals surface area (Å²) in [4.78, 5) is 21.7. The van der Waals surface area contributed by atoms with Gasteiger partial charge in [-0.2, -0.15) is 0 Å². The summed E-state index contributed by atoms with van der Waals surface area (Å²) < 4.78 is 0. The molecule has 0 heterocycles. The fraction of sp³-hybridized carbons (Fsp3) is 0.800. The summed E-state index contributed by atoms with van der Waals surface area (Å²) in [5, 5.41) is 8.40. The molecule has 0 unspecified atom stereocenters. The highest BCUT2D eigenvalue weighted by molar-refractivity contribution is 5.86. The SMILES string of the molecule is CCCCCC(=O)CCC(=O)CO. The standard InChI is InChI=1S/C10H18O3/c1-2-3-4-5-9(12)6-7-10(13)8-11/h11H,2-8H2,1H3. The van der Waals surface area contributed by atoms with Crippen LogP contribution < -0.4 is 0 Å². The van der Waals surface area contributed by atoms with Crippen LogP contribution in [0.25, 0.3) is 0 Å². The first kappa shape index (κ1) is 12.3. The quantitative estimate of drug-likeness (QED) is 0.584. The van der Waals surface area contributed by atoms with Gasteiger partial charge < -0.3 is 5.11 Å². The van der Waals surface area contributed by atoms with Crippen molar-refractivity contribution in [3.63, 3.8) is 0 Å². The van der Waals surface area contributed by atoms with E-state index in [0.29, 0.717) is 12.8 Å². The molecule has 0 aliphatic heterocycles. The van der Waals surface area contributed by atoms with Crippen molar-refractivity contribution in [3.05, 3.63) is 0 Å². The minimum absolute atomic E-state index is 0.134. The lowest BCUT2D eigenvalue weighted by atomic mass is 10.1. The van der Waals surface area contributed by atoms with Gasteiger partial charge in [0.15, 0.2) is 5.78 Å². The summed E-state index contributed by atoms with van der Waals surface area (Å²) in [7, 11) is 0. The molecule has 0 rings (SSSR count). The van der Waals surface area contributed by atoms with Crippen molar-refractivity contribution in [1.82, 2.24) is 0 Å². The molecule has 0 radical (unpaired) electrons. The maximum absolute atomic E-state index is 11.1. The number of aliphatic hydroxyl groups excluding tert-OH is 1. The Kier molecular flexibility index (Phi) is 7.50. The fourth-order valence-corrected chi connectivity index (χ4v) is 1.06. The van der Waals surface area contributed by atoms with E-state index in [4.69, 9.17) is 5.11 Å². The number of aliphatic hydroxyl groups is 1. The Bertz CT molecular complexity index is 164. The van der Waals surface area contributed by atoms with Gasteiger partial charge >= 0.3 is 0 Å². The molecule has 0 spiro atoms. The van der Waals surface area contributed by atoms with E-state index in [9.17, 15) is 9.59 Å². The van der Waals surface area contributed by atoms with Gasteiger partial charge in [-0.05, 0) is 6.42 Å². The molecule has 0 aromatic heterocycles. The lowest BCUT2D eigenvalue weighted by molar-refractivity contribution is -0.125. The summed E-state index contributed by atoms with van der Waals surface area (Å²) in [6.07, 6.45) is 4.16. The number of carbonyl (C=O) groups is 2. The Labute approximate surface area is 79.1 Å². The van der Waals surface area contributed by atoms with E-state index < -0.39 is 6.61 Å². The molecule has 0 fully saturated rings. The van der Waals surface area contributed by atoms with Crippen LogP contribution in [0.4, 0.5) is 0 Å². The van der Waals surface area contributed by atoms with Crippen LogP contribution >= 0.6 is 0 Å². The number of Topliss-reactive ketones (excluding diaryl/α,β-unsaturated/α-hetero) is 2. The molecule has 0 atom stereocenters. The van der Waals surface area contributed by atoms with E-state index >= 15 is 0 Å².